The van der Waals surface area contributed by atoms with Crippen LogP contribution in [0, 0.1) is 5.82 Å². The largest absolute Gasteiger partial charge is 0.374 e. The van der Waals surface area contributed by atoms with Crippen molar-refractivity contribution in [2.45, 2.75) is 36.7 Å². The summed E-state index contributed by atoms with van der Waals surface area (Å²) in [5, 5.41) is 0. The first-order chi connectivity index (χ1) is 12.7. The maximum absolute atomic E-state index is 13.1. The number of halogens is 1. The highest BCUT2D eigenvalue weighted by molar-refractivity contribution is 7.99. The van der Waals surface area contributed by atoms with E-state index >= 15 is 0 Å². The Morgan fingerprint density at radius 1 is 1.04 bits per heavy atom. The van der Waals surface area contributed by atoms with E-state index in [1.54, 1.807) is 11.8 Å². The van der Waals surface area contributed by atoms with Crippen LogP contribution in [0.3, 0.4) is 0 Å². The smallest absolute Gasteiger partial charge is 0.123 e. The molecule has 1 aliphatic heterocycles. The Morgan fingerprint density at radius 3 is 2.38 bits per heavy atom. The minimum atomic E-state index is -0.180. The molecule has 0 aliphatic carbocycles. The minimum absolute atomic E-state index is 0.0585. The highest BCUT2D eigenvalue weighted by atomic mass is 32.2. The standard InChI is InChI=1S/C22H28FNOS/c1-2-25-22(18-26-21-10-8-20(23)9-11-21)13-16-24(17-14-22)15-12-19-6-4-3-5-7-19/h3-11H,2,12-18H2,1H3. The summed E-state index contributed by atoms with van der Waals surface area (Å²) in [5.74, 6) is 0.750. The fourth-order valence-corrected chi connectivity index (χ4v) is 4.63. The van der Waals surface area contributed by atoms with Crippen molar-refractivity contribution in [2.24, 2.45) is 0 Å². The Kier molecular flexibility index (Phi) is 7.12. The molecule has 0 atom stereocenters. The van der Waals surface area contributed by atoms with E-state index in [1.807, 2.05) is 12.1 Å². The summed E-state index contributed by atoms with van der Waals surface area (Å²) in [5.41, 5.74) is 1.35. The van der Waals surface area contributed by atoms with E-state index in [0.29, 0.717) is 0 Å². The fraction of sp³-hybridized carbons (Fsp3) is 0.455. The summed E-state index contributed by atoms with van der Waals surface area (Å²) in [6.45, 7) is 6.09. The highest BCUT2D eigenvalue weighted by Gasteiger charge is 2.35. The van der Waals surface area contributed by atoms with Gasteiger partial charge in [-0.05, 0) is 56.0 Å². The Hall–Kier alpha value is -1.36. The van der Waals surface area contributed by atoms with Crippen molar-refractivity contribution < 1.29 is 9.13 Å². The first kappa shape index (κ1) is 19.4. The van der Waals surface area contributed by atoms with E-state index in [1.165, 1.54) is 17.7 Å². The van der Waals surface area contributed by atoms with Crippen molar-refractivity contribution in [1.82, 2.24) is 4.90 Å². The van der Waals surface area contributed by atoms with Gasteiger partial charge in [-0.1, -0.05) is 30.3 Å². The second-order valence-electron chi connectivity index (χ2n) is 6.94. The van der Waals surface area contributed by atoms with Crippen LogP contribution < -0.4 is 0 Å². The zero-order valence-electron chi connectivity index (χ0n) is 15.5. The van der Waals surface area contributed by atoms with Crippen molar-refractivity contribution in [3.63, 3.8) is 0 Å². The van der Waals surface area contributed by atoms with Crippen LogP contribution in [0.4, 0.5) is 4.39 Å². The molecule has 1 fully saturated rings. The number of likely N-dealkylation sites (tertiary alicyclic amines) is 1. The molecule has 0 N–H and O–H groups in total. The van der Waals surface area contributed by atoms with E-state index in [2.05, 4.69) is 42.2 Å². The number of ether oxygens (including phenoxy) is 1. The topological polar surface area (TPSA) is 12.5 Å². The zero-order chi connectivity index (χ0) is 18.2. The van der Waals surface area contributed by atoms with Gasteiger partial charge in [0.15, 0.2) is 0 Å². The summed E-state index contributed by atoms with van der Waals surface area (Å²) in [4.78, 5) is 3.66. The van der Waals surface area contributed by atoms with Gasteiger partial charge < -0.3 is 9.64 Å². The van der Waals surface area contributed by atoms with Crippen LogP contribution in [0.1, 0.15) is 25.3 Å². The van der Waals surface area contributed by atoms with Gasteiger partial charge in [0.2, 0.25) is 0 Å². The lowest BCUT2D eigenvalue weighted by molar-refractivity contribution is -0.0618. The first-order valence-electron chi connectivity index (χ1n) is 9.48. The molecule has 1 saturated heterocycles. The Labute approximate surface area is 160 Å². The molecule has 0 aromatic heterocycles. The maximum atomic E-state index is 13.1. The average Bonchev–Trinajstić information content (AvgIpc) is 2.68. The Morgan fingerprint density at radius 2 is 1.73 bits per heavy atom. The zero-order valence-corrected chi connectivity index (χ0v) is 16.3. The lowest BCUT2D eigenvalue weighted by atomic mass is 9.92. The molecule has 0 amide bonds. The molecule has 0 saturated carbocycles. The summed E-state index contributed by atoms with van der Waals surface area (Å²) in [6.07, 6.45) is 3.22. The highest BCUT2D eigenvalue weighted by Crippen LogP contribution is 2.33. The Balaban J connectivity index is 1.50. The van der Waals surface area contributed by atoms with E-state index in [-0.39, 0.29) is 11.4 Å². The van der Waals surface area contributed by atoms with Crippen LogP contribution in [0.25, 0.3) is 0 Å². The molecule has 3 rings (SSSR count). The van der Waals surface area contributed by atoms with Crippen LogP contribution >= 0.6 is 11.8 Å². The van der Waals surface area contributed by atoms with Crippen LogP contribution in [-0.2, 0) is 11.2 Å². The normalized spacial score (nSPS) is 17.3. The third kappa shape index (κ3) is 5.57. The quantitative estimate of drug-likeness (QED) is 0.602. The molecule has 1 aliphatic rings. The monoisotopic (exact) mass is 373 g/mol. The lowest BCUT2D eigenvalue weighted by Gasteiger charge is -2.41. The van der Waals surface area contributed by atoms with Crippen LogP contribution in [0.5, 0.6) is 0 Å². The molecular weight excluding hydrogens is 345 g/mol. The molecule has 0 spiro atoms. The molecule has 0 bridgehead atoms. The van der Waals surface area contributed by atoms with Gasteiger partial charge in [-0.3, -0.25) is 0 Å². The van der Waals surface area contributed by atoms with Crippen LogP contribution in [0.15, 0.2) is 59.5 Å². The molecule has 1 heterocycles. The van der Waals surface area contributed by atoms with Crippen LogP contribution in [0.2, 0.25) is 0 Å². The number of nitrogens with zero attached hydrogens (tertiary/aromatic N) is 1. The van der Waals surface area contributed by atoms with Gasteiger partial charge in [0.05, 0.1) is 5.60 Å². The van der Waals surface area contributed by atoms with Gasteiger partial charge in [0, 0.05) is 36.9 Å². The van der Waals surface area contributed by atoms with Gasteiger partial charge in [-0.25, -0.2) is 4.39 Å². The maximum Gasteiger partial charge on any atom is 0.123 e. The molecule has 2 aromatic carbocycles. The van der Waals surface area contributed by atoms with Gasteiger partial charge in [-0.2, -0.15) is 0 Å². The molecule has 4 heteroatoms. The molecule has 26 heavy (non-hydrogen) atoms. The van der Waals surface area contributed by atoms with Crippen molar-refractivity contribution in [3.05, 3.63) is 66.0 Å². The molecule has 2 nitrogen and oxygen atoms in total. The summed E-state index contributed by atoms with van der Waals surface area (Å²) < 4.78 is 19.3. The van der Waals surface area contributed by atoms with E-state index < -0.39 is 0 Å². The fourth-order valence-electron chi connectivity index (χ4n) is 3.50. The van der Waals surface area contributed by atoms with E-state index in [9.17, 15) is 4.39 Å². The minimum Gasteiger partial charge on any atom is -0.374 e. The molecule has 140 valence electrons. The summed E-state index contributed by atoms with van der Waals surface area (Å²) in [7, 11) is 0. The van der Waals surface area contributed by atoms with Gasteiger partial charge in [0.25, 0.3) is 0 Å². The molecular formula is C22H28FNOS. The van der Waals surface area contributed by atoms with E-state index in [0.717, 1.165) is 56.2 Å². The number of benzene rings is 2. The van der Waals surface area contributed by atoms with Crippen LogP contribution in [-0.4, -0.2) is 42.5 Å². The number of hydrogen-bond donors (Lipinski definition) is 0. The number of thioether (sulfide) groups is 1. The summed E-state index contributed by atoms with van der Waals surface area (Å²) >= 11 is 1.78. The number of hydrogen-bond acceptors (Lipinski definition) is 3. The predicted molar refractivity (Wildman–Crippen MR) is 107 cm³/mol. The second-order valence-corrected chi connectivity index (χ2v) is 7.98. The van der Waals surface area contributed by atoms with E-state index in [4.69, 9.17) is 4.74 Å². The van der Waals surface area contributed by atoms with Crippen molar-refractivity contribution >= 4 is 11.8 Å². The second kappa shape index (κ2) is 9.54. The van der Waals surface area contributed by atoms with Gasteiger partial charge in [-0.15, -0.1) is 11.8 Å². The molecule has 0 radical (unpaired) electrons. The van der Waals surface area contributed by atoms with Gasteiger partial charge >= 0.3 is 0 Å². The predicted octanol–water partition coefficient (Wildman–Crippen LogP) is 5.03. The van der Waals surface area contributed by atoms with Crippen molar-refractivity contribution in [1.29, 1.82) is 0 Å². The lowest BCUT2D eigenvalue weighted by Crippen LogP contribution is -2.48. The Bertz CT molecular complexity index is 654. The van der Waals surface area contributed by atoms with Crippen molar-refractivity contribution in [2.75, 3.05) is 32.0 Å². The average molecular weight is 374 g/mol. The molecule has 0 unspecified atom stereocenters. The number of piperidine rings is 1. The SMILES string of the molecule is CCOC1(CSc2ccc(F)cc2)CCN(CCc2ccccc2)CC1. The third-order valence-corrected chi connectivity index (χ3v) is 6.37. The van der Waals surface area contributed by atoms with Crippen molar-refractivity contribution in [3.8, 4) is 0 Å². The van der Waals surface area contributed by atoms with Gasteiger partial charge in [0.1, 0.15) is 5.82 Å². The number of rotatable bonds is 8. The summed E-state index contributed by atoms with van der Waals surface area (Å²) in [6, 6.07) is 17.5. The first-order valence-corrected chi connectivity index (χ1v) is 10.5. The molecule has 2 aromatic rings. The third-order valence-electron chi connectivity index (χ3n) is 5.09.